The van der Waals surface area contributed by atoms with Gasteiger partial charge in [-0.05, 0) is 23.8 Å². The molecule has 0 spiro atoms. The predicted octanol–water partition coefficient (Wildman–Crippen LogP) is 3.03. The van der Waals surface area contributed by atoms with Gasteiger partial charge in [-0.25, -0.2) is 4.90 Å². The maximum Gasteiger partial charge on any atom is 0.273 e. The highest BCUT2D eigenvalue weighted by Gasteiger charge is 2.37. The first-order valence-corrected chi connectivity index (χ1v) is 8.16. The molecular formula is C16H9N3O4S2. The molecule has 7 nitrogen and oxygen atoms in total. The molecule has 0 N–H and O–H groups in total. The molecule has 0 bridgehead atoms. The molecule has 0 atom stereocenters. The maximum atomic E-state index is 12.5. The van der Waals surface area contributed by atoms with Crippen molar-refractivity contribution >= 4 is 51.9 Å². The number of nitro groups is 1. The Kier molecular flexibility index (Phi) is 4.68. The van der Waals surface area contributed by atoms with E-state index < -0.39 is 16.7 Å². The molecule has 1 aliphatic heterocycles. The lowest BCUT2D eigenvalue weighted by molar-refractivity contribution is -0.384. The first kappa shape index (κ1) is 16.9. The minimum absolute atomic E-state index is 0.0873. The molecule has 1 fully saturated rings. The Balaban J connectivity index is 1.90. The molecule has 1 aromatic heterocycles. The number of non-ortho nitro benzene ring substituents is 1. The number of thiocarbonyl (C=S) groups is 1. The van der Waals surface area contributed by atoms with E-state index in [2.05, 4.69) is 4.98 Å². The molecule has 1 aromatic carbocycles. The third-order valence-electron chi connectivity index (χ3n) is 3.28. The smallest absolute Gasteiger partial charge is 0.268 e. The van der Waals surface area contributed by atoms with E-state index in [0.717, 1.165) is 16.7 Å². The summed E-state index contributed by atoms with van der Waals surface area (Å²) >= 11 is 6.10. The molecule has 0 aliphatic carbocycles. The molecule has 2 amide bonds. The van der Waals surface area contributed by atoms with Gasteiger partial charge in [-0.1, -0.05) is 36.1 Å². The third-order valence-corrected chi connectivity index (χ3v) is 4.59. The fourth-order valence-electron chi connectivity index (χ4n) is 2.14. The molecule has 1 aliphatic rings. The number of amides is 2. The molecule has 0 radical (unpaired) electrons. The van der Waals surface area contributed by atoms with Crippen molar-refractivity contribution in [3.8, 4) is 0 Å². The van der Waals surface area contributed by atoms with Gasteiger partial charge in [0.1, 0.15) is 0 Å². The molecule has 25 heavy (non-hydrogen) atoms. The van der Waals surface area contributed by atoms with Crippen LogP contribution in [0.25, 0.3) is 6.08 Å². The van der Waals surface area contributed by atoms with E-state index in [0.29, 0.717) is 5.56 Å². The zero-order chi connectivity index (χ0) is 18.0. The van der Waals surface area contributed by atoms with E-state index in [1.165, 1.54) is 42.7 Å². The highest BCUT2D eigenvalue weighted by Crippen LogP contribution is 2.33. The van der Waals surface area contributed by atoms with E-state index in [4.69, 9.17) is 12.2 Å². The van der Waals surface area contributed by atoms with E-state index in [1.54, 1.807) is 12.1 Å². The normalized spacial score (nSPS) is 15.7. The Morgan fingerprint density at radius 3 is 2.80 bits per heavy atom. The summed E-state index contributed by atoms with van der Waals surface area (Å²) in [4.78, 5) is 40.3. The molecule has 0 saturated carbocycles. The second-order valence-corrected chi connectivity index (χ2v) is 6.59. The van der Waals surface area contributed by atoms with Gasteiger partial charge < -0.3 is 0 Å². The van der Waals surface area contributed by atoms with Crippen molar-refractivity contribution in [3.63, 3.8) is 0 Å². The van der Waals surface area contributed by atoms with Crippen LogP contribution in [-0.2, 0) is 4.79 Å². The van der Waals surface area contributed by atoms with Crippen LogP contribution in [0.1, 0.15) is 15.9 Å². The van der Waals surface area contributed by atoms with Gasteiger partial charge >= 0.3 is 0 Å². The molecule has 2 aromatic rings. The fourth-order valence-corrected chi connectivity index (χ4v) is 3.39. The van der Waals surface area contributed by atoms with Gasteiger partial charge in [0.25, 0.3) is 17.5 Å². The molecule has 2 heterocycles. The SMILES string of the molecule is O=C1/C(=C\c2cccc([N+](=O)[O-])c2)SC(=S)N1C(=O)c1cccnc1. The van der Waals surface area contributed by atoms with Gasteiger partial charge in [-0.3, -0.25) is 24.7 Å². The van der Waals surface area contributed by atoms with Crippen molar-refractivity contribution in [2.45, 2.75) is 0 Å². The quantitative estimate of drug-likeness (QED) is 0.269. The molecule has 124 valence electrons. The number of hydrogen-bond acceptors (Lipinski definition) is 7. The Hall–Kier alpha value is -2.91. The number of nitrogens with zero attached hydrogens (tertiary/aromatic N) is 3. The van der Waals surface area contributed by atoms with Crippen LogP contribution >= 0.6 is 24.0 Å². The zero-order valence-corrected chi connectivity index (χ0v) is 14.1. The average Bonchev–Trinajstić information content (AvgIpc) is 2.89. The molecular weight excluding hydrogens is 362 g/mol. The van der Waals surface area contributed by atoms with Crippen LogP contribution in [0.4, 0.5) is 5.69 Å². The summed E-state index contributed by atoms with van der Waals surface area (Å²) in [5.74, 6) is -1.12. The lowest BCUT2D eigenvalue weighted by atomic mass is 10.2. The highest BCUT2D eigenvalue weighted by molar-refractivity contribution is 8.26. The van der Waals surface area contributed by atoms with Gasteiger partial charge in [0.05, 0.1) is 15.4 Å². The molecule has 9 heteroatoms. The summed E-state index contributed by atoms with van der Waals surface area (Å²) in [6.07, 6.45) is 4.34. The maximum absolute atomic E-state index is 12.5. The number of nitro benzene ring substituents is 1. The van der Waals surface area contributed by atoms with Gasteiger partial charge in [-0.2, -0.15) is 0 Å². The summed E-state index contributed by atoms with van der Waals surface area (Å²) in [5, 5.41) is 10.8. The average molecular weight is 371 g/mol. The second kappa shape index (κ2) is 6.91. The third kappa shape index (κ3) is 3.47. The zero-order valence-electron chi connectivity index (χ0n) is 12.5. The largest absolute Gasteiger partial charge is 0.273 e. The van der Waals surface area contributed by atoms with Crippen LogP contribution in [-0.4, -0.2) is 30.9 Å². The molecule has 0 unspecified atom stereocenters. The molecule has 1 saturated heterocycles. The number of pyridine rings is 1. The van der Waals surface area contributed by atoms with Crippen molar-refractivity contribution < 1.29 is 14.5 Å². The van der Waals surface area contributed by atoms with Gasteiger partial charge in [0.2, 0.25) is 0 Å². The predicted molar refractivity (Wildman–Crippen MR) is 96.7 cm³/mol. The number of aromatic nitrogens is 1. The van der Waals surface area contributed by atoms with E-state index in [9.17, 15) is 19.7 Å². The van der Waals surface area contributed by atoms with Gasteiger partial charge in [0.15, 0.2) is 4.32 Å². The lowest BCUT2D eigenvalue weighted by Gasteiger charge is -2.11. The fraction of sp³-hybridized carbons (Fsp3) is 0. The van der Waals surface area contributed by atoms with E-state index >= 15 is 0 Å². The van der Waals surface area contributed by atoms with Crippen LogP contribution in [0.5, 0.6) is 0 Å². The monoisotopic (exact) mass is 371 g/mol. The summed E-state index contributed by atoms with van der Waals surface area (Å²) in [5.41, 5.74) is 0.634. The lowest BCUT2D eigenvalue weighted by Crippen LogP contribution is -2.34. The number of imide groups is 1. The Morgan fingerprint density at radius 2 is 2.12 bits per heavy atom. The van der Waals surface area contributed by atoms with Gasteiger partial charge in [0, 0.05) is 24.5 Å². The second-order valence-electron chi connectivity index (χ2n) is 4.92. The van der Waals surface area contributed by atoms with Crippen molar-refractivity contribution in [1.29, 1.82) is 0 Å². The minimum atomic E-state index is -0.560. The van der Waals surface area contributed by atoms with Crippen LogP contribution < -0.4 is 0 Å². The first-order chi connectivity index (χ1) is 12.0. The highest BCUT2D eigenvalue weighted by atomic mass is 32.2. The van der Waals surface area contributed by atoms with Gasteiger partial charge in [-0.15, -0.1) is 0 Å². The number of hydrogen-bond donors (Lipinski definition) is 0. The topological polar surface area (TPSA) is 93.4 Å². The summed E-state index contributed by atoms with van der Waals surface area (Å²) in [6, 6.07) is 8.97. The van der Waals surface area contributed by atoms with Crippen molar-refractivity contribution in [2.75, 3.05) is 0 Å². The number of rotatable bonds is 3. The van der Waals surface area contributed by atoms with E-state index in [-0.39, 0.29) is 20.5 Å². The first-order valence-electron chi connectivity index (χ1n) is 6.94. The number of carbonyl (C=O) groups is 2. The van der Waals surface area contributed by atoms with E-state index in [1.807, 2.05) is 0 Å². The number of benzene rings is 1. The summed E-state index contributed by atoms with van der Waals surface area (Å²) in [7, 11) is 0. The van der Waals surface area contributed by atoms with Crippen LogP contribution in [0, 0.1) is 10.1 Å². The Labute approximate surface area is 151 Å². The Bertz CT molecular complexity index is 928. The summed E-state index contributed by atoms with van der Waals surface area (Å²) in [6.45, 7) is 0. The number of carbonyl (C=O) groups excluding carboxylic acids is 2. The van der Waals surface area contributed by atoms with Crippen LogP contribution in [0.15, 0.2) is 53.7 Å². The standard InChI is InChI=1S/C16H9N3O4S2/c20-14(11-4-2-6-17-9-11)18-15(21)13(25-16(18)24)8-10-3-1-5-12(7-10)19(22)23/h1-9H/b13-8+. The minimum Gasteiger partial charge on any atom is -0.268 e. The number of thioether (sulfide) groups is 1. The molecule has 3 rings (SSSR count). The van der Waals surface area contributed by atoms with Crippen molar-refractivity contribution in [3.05, 3.63) is 74.9 Å². The van der Waals surface area contributed by atoms with Crippen molar-refractivity contribution in [2.24, 2.45) is 0 Å². The Morgan fingerprint density at radius 1 is 1.32 bits per heavy atom. The summed E-state index contributed by atoms with van der Waals surface area (Å²) < 4.78 is 0.107. The van der Waals surface area contributed by atoms with Crippen LogP contribution in [0.3, 0.4) is 0 Å². The van der Waals surface area contributed by atoms with Crippen LogP contribution in [0.2, 0.25) is 0 Å². The van der Waals surface area contributed by atoms with Crippen molar-refractivity contribution in [1.82, 2.24) is 9.88 Å².